The van der Waals surface area contributed by atoms with Crippen molar-refractivity contribution < 1.29 is 4.79 Å². The Morgan fingerprint density at radius 1 is 1.24 bits per heavy atom. The molecule has 0 radical (unpaired) electrons. The van der Waals surface area contributed by atoms with Crippen molar-refractivity contribution in [3.8, 4) is 0 Å². The highest BCUT2D eigenvalue weighted by Gasteiger charge is 2.42. The van der Waals surface area contributed by atoms with E-state index in [0.29, 0.717) is 12.6 Å². The molecule has 0 aromatic rings. The molecule has 0 bridgehead atoms. The molecule has 1 amide bonds. The minimum absolute atomic E-state index is 0.241. The first-order valence-corrected chi connectivity index (χ1v) is 10.9. The summed E-state index contributed by atoms with van der Waals surface area (Å²) in [6.45, 7) is 5.77. The van der Waals surface area contributed by atoms with Gasteiger partial charge in [0, 0.05) is 31.9 Å². The Balaban J connectivity index is 1.99. The average Bonchev–Trinajstić information content (AvgIpc) is 3.23. The van der Waals surface area contributed by atoms with E-state index in [1.165, 1.54) is 25.0 Å². The van der Waals surface area contributed by atoms with Crippen LogP contribution in [0.25, 0.3) is 0 Å². The van der Waals surface area contributed by atoms with Gasteiger partial charge in [-0.15, -0.1) is 0 Å². The molecule has 2 aliphatic carbocycles. The lowest BCUT2D eigenvalue weighted by molar-refractivity contribution is -0.138. The van der Waals surface area contributed by atoms with Crippen LogP contribution in [0.4, 0.5) is 0 Å². The minimum atomic E-state index is -0.290. The van der Waals surface area contributed by atoms with E-state index in [1.54, 1.807) is 4.90 Å². The molecule has 6 heteroatoms. The van der Waals surface area contributed by atoms with Crippen LogP contribution in [0.15, 0.2) is 4.99 Å². The minimum Gasteiger partial charge on any atom is -0.357 e. The van der Waals surface area contributed by atoms with Gasteiger partial charge in [-0.1, -0.05) is 19.8 Å². The third-order valence-electron chi connectivity index (χ3n) is 5.43. The molecule has 2 saturated carbocycles. The molecule has 0 heterocycles. The van der Waals surface area contributed by atoms with E-state index >= 15 is 0 Å². The summed E-state index contributed by atoms with van der Waals surface area (Å²) in [5, 5.41) is 7.77. The van der Waals surface area contributed by atoms with Gasteiger partial charge in [-0.05, 0) is 44.8 Å². The summed E-state index contributed by atoms with van der Waals surface area (Å²) >= 11 is 2.07. The van der Waals surface area contributed by atoms with Crippen LogP contribution in [0.3, 0.4) is 0 Å². The molecule has 144 valence electrons. The predicted octanol–water partition coefficient (Wildman–Crippen LogP) is 2.86. The van der Waals surface area contributed by atoms with Gasteiger partial charge in [-0.3, -0.25) is 9.79 Å². The zero-order valence-corrected chi connectivity index (χ0v) is 17.3. The van der Waals surface area contributed by atoms with E-state index in [0.717, 1.165) is 43.4 Å². The molecule has 0 aliphatic heterocycles. The Kier molecular flexibility index (Phi) is 7.91. The van der Waals surface area contributed by atoms with Crippen LogP contribution in [0.1, 0.15) is 58.8 Å². The van der Waals surface area contributed by atoms with Gasteiger partial charge >= 0.3 is 0 Å². The fraction of sp³-hybridized carbons (Fsp3) is 0.895. The monoisotopic (exact) mass is 368 g/mol. The molecule has 0 aromatic heterocycles. The zero-order chi connectivity index (χ0) is 18.3. The molecular weight excluding hydrogens is 332 g/mol. The van der Waals surface area contributed by atoms with Crippen LogP contribution in [0, 0.1) is 5.41 Å². The van der Waals surface area contributed by atoms with Gasteiger partial charge in [0.1, 0.15) is 0 Å². The van der Waals surface area contributed by atoms with Crippen LogP contribution in [-0.4, -0.2) is 61.0 Å². The number of rotatable bonds is 7. The summed E-state index contributed by atoms with van der Waals surface area (Å²) in [4.78, 5) is 19.3. The van der Waals surface area contributed by atoms with Crippen molar-refractivity contribution in [1.82, 2.24) is 15.5 Å². The second-order valence-corrected chi connectivity index (χ2v) is 9.19. The van der Waals surface area contributed by atoms with Crippen molar-refractivity contribution in [2.75, 3.05) is 32.9 Å². The Hall–Kier alpha value is -0.910. The third kappa shape index (κ3) is 5.53. The van der Waals surface area contributed by atoms with Crippen LogP contribution in [0.5, 0.6) is 0 Å². The van der Waals surface area contributed by atoms with E-state index in [9.17, 15) is 4.79 Å². The zero-order valence-electron chi connectivity index (χ0n) is 16.4. The van der Waals surface area contributed by atoms with Gasteiger partial charge in [0.15, 0.2) is 5.96 Å². The number of aliphatic imine (C=N–C) groups is 1. The van der Waals surface area contributed by atoms with Gasteiger partial charge in [-0.2, -0.15) is 11.8 Å². The maximum atomic E-state index is 12.7. The van der Waals surface area contributed by atoms with Crippen LogP contribution in [-0.2, 0) is 4.79 Å². The van der Waals surface area contributed by atoms with Crippen molar-refractivity contribution in [2.45, 2.75) is 70.1 Å². The SMILES string of the molecule is CCNC(=NCC1(C(=O)N(C)C)CCCC1)NC1CCC(SCC)C1. The number of amides is 1. The molecular formula is C19H36N4OS. The highest BCUT2D eigenvalue weighted by Crippen LogP contribution is 2.39. The summed E-state index contributed by atoms with van der Waals surface area (Å²) in [5.74, 6) is 2.32. The van der Waals surface area contributed by atoms with Crippen molar-refractivity contribution in [3.63, 3.8) is 0 Å². The molecule has 5 nitrogen and oxygen atoms in total. The number of hydrogen-bond donors (Lipinski definition) is 2. The van der Waals surface area contributed by atoms with Gasteiger partial charge in [0.2, 0.25) is 5.91 Å². The Bertz CT molecular complexity index is 460. The second-order valence-electron chi connectivity index (χ2n) is 7.61. The number of carbonyl (C=O) groups excluding carboxylic acids is 1. The number of carbonyl (C=O) groups is 1. The van der Waals surface area contributed by atoms with E-state index < -0.39 is 0 Å². The van der Waals surface area contributed by atoms with Crippen molar-refractivity contribution in [3.05, 3.63) is 0 Å². The molecule has 2 N–H and O–H groups in total. The maximum Gasteiger partial charge on any atom is 0.230 e. The number of nitrogens with one attached hydrogen (secondary N) is 2. The molecule has 2 atom stereocenters. The normalized spacial score (nSPS) is 25.8. The molecule has 25 heavy (non-hydrogen) atoms. The summed E-state index contributed by atoms with van der Waals surface area (Å²) in [6, 6.07) is 0.505. The molecule has 2 aliphatic rings. The van der Waals surface area contributed by atoms with Crippen LogP contribution >= 0.6 is 11.8 Å². The van der Waals surface area contributed by atoms with Crippen molar-refractivity contribution in [1.29, 1.82) is 0 Å². The molecule has 0 saturated heterocycles. The summed E-state index contributed by atoms with van der Waals surface area (Å²) in [6.07, 6.45) is 7.92. The van der Waals surface area contributed by atoms with E-state index in [-0.39, 0.29) is 11.3 Å². The summed E-state index contributed by atoms with van der Waals surface area (Å²) in [5.41, 5.74) is -0.290. The number of nitrogens with zero attached hydrogens (tertiary/aromatic N) is 2. The average molecular weight is 369 g/mol. The Labute approximate surface area is 157 Å². The Morgan fingerprint density at radius 2 is 1.96 bits per heavy atom. The smallest absolute Gasteiger partial charge is 0.230 e. The first kappa shape index (κ1) is 20.4. The number of guanidine groups is 1. The van der Waals surface area contributed by atoms with Crippen molar-refractivity contribution >= 4 is 23.6 Å². The quantitative estimate of drug-likeness (QED) is 0.536. The lowest BCUT2D eigenvalue weighted by Crippen LogP contribution is -2.45. The van der Waals surface area contributed by atoms with Gasteiger partial charge in [-0.25, -0.2) is 0 Å². The van der Waals surface area contributed by atoms with Crippen molar-refractivity contribution in [2.24, 2.45) is 10.4 Å². The predicted molar refractivity (Wildman–Crippen MR) is 108 cm³/mol. The van der Waals surface area contributed by atoms with E-state index in [2.05, 4.69) is 36.2 Å². The standard InChI is InChI=1S/C19H36N4OS/c1-5-20-18(22-15-9-10-16(13-15)25-6-2)21-14-19(11-7-8-12-19)17(24)23(3)4/h15-16H,5-14H2,1-4H3,(H2,20,21,22). The van der Waals surface area contributed by atoms with Crippen LogP contribution < -0.4 is 10.6 Å². The lowest BCUT2D eigenvalue weighted by Gasteiger charge is -2.29. The fourth-order valence-corrected chi connectivity index (χ4v) is 5.31. The van der Waals surface area contributed by atoms with Gasteiger partial charge in [0.25, 0.3) is 0 Å². The van der Waals surface area contributed by atoms with Crippen LogP contribution in [0.2, 0.25) is 0 Å². The summed E-state index contributed by atoms with van der Waals surface area (Å²) in [7, 11) is 3.72. The highest BCUT2D eigenvalue weighted by molar-refractivity contribution is 7.99. The molecule has 2 unspecified atom stereocenters. The first-order valence-electron chi connectivity index (χ1n) is 9.89. The Morgan fingerprint density at radius 3 is 2.56 bits per heavy atom. The van der Waals surface area contributed by atoms with E-state index in [4.69, 9.17) is 4.99 Å². The maximum absolute atomic E-state index is 12.7. The lowest BCUT2D eigenvalue weighted by atomic mass is 9.85. The molecule has 0 aromatic carbocycles. The molecule has 0 spiro atoms. The van der Waals surface area contributed by atoms with Gasteiger partial charge in [0.05, 0.1) is 12.0 Å². The topological polar surface area (TPSA) is 56.7 Å². The third-order valence-corrected chi connectivity index (χ3v) is 6.67. The number of thioether (sulfide) groups is 1. The number of hydrogen-bond acceptors (Lipinski definition) is 3. The highest BCUT2D eigenvalue weighted by atomic mass is 32.2. The summed E-state index contributed by atoms with van der Waals surface area (Å²) < 4.78 is 0. The second kappa shape index (κ2) is 9.70. The first-order chi connectivity index (χ1) is 12.0. The molecule has 2 rings (SSSR count). The molecule has 2 fully saturated rings. The van der Waals surface area contributed by atoms with E-state index in [1.807, 2.05) is 14.1 Å². The fourth-order valence-electron chi connectivity index (χ4n) is 4.17. The largest absolute Gasteiger partial charge is 0.357 e. The van der Waals surface area contributed by atoms with Gasteiger partial charge < -0.3 is 15.5 Å².